The second kappa shape index (κ2) is 11.6. The molecule has 2 heteroatoms. The van der Waals surface area contributed by atoms with E-state index in [0.29, 0.717) is 0 Å². The van der Waals surface area contributed by atoms with Crippen LogP contribution in [0.3, 0.4) is 0 Å². The van der Waals surface area contributed by atoms with Gasteiger partial charge < -0.3 is 0 Å². The first kappa shape index (κ1) is 27.7. The first-order chi connectivity index (χ1) is 22.8. The molecule has 1 heterocycles. The van der Waals surface area contributed by atoms with Gasteiger partial charge in [0.05, 0.1) is 0 Å². The fraction of sp³-hybridized carbons (Fsp3) is 0.0455. The quantitative estimate of drug-likeness (QED) is 0.152. The van der Waals surface area contributed by atoms with Gasteiger partial charge in [0.1, 0.15) is 0 Å². The van der Waals surface area contributed by atoms with Crippen LogP contribution < -0.4 is 0 Å². The van der Waals surface area contributed by atoms with E-state index in [1.165, 1.54) is 65.0 Å². The van der Waals surface area contributed by atoms with Crippen molar-refractivity contribution in [2.75, 3.05) is 0 Å². The van der Waals surface area contributed by atoms with Gasteiger partial charge in [-0.3, -0.25) is 0 Å². The Balaban J connectivity index is 0.00000153. The number of hydrogen-bond donors (Lipinski definition) is 0. The number of aromatic nitrogens is 2. The molecule has 0 radical (unpaired) electrons. The fourth-order valence-corrected chi connectivity index (χ4v) is 6.92. The predicted molar refractivity (Wildman–Crippen MR) is 197 cm³/mol. The first-order valence-corrected chi connectivity index (χ1v) is 16.0. The van der Waals surface area contributed by atoms with Crippen molar-refractivity contribution < 1.29 is 0 Å². The van der Waals surface area contributed by atoms with E-state index >= 15 is 0 Å². The van der Waals surface area contributed by atoms with Gasteiger partial charge in [-0.05, 0) is 77.1 Å². The lowest BCUT2D eigenvalue weighted by Gasteiger charge is -2.19. The topological polar surface area (TPSA) is 25.8 Å². The minimum atomic E-state index is 0.732. The number of fused-ring (bicyclic) bond motifs is 6. The summed E-state index contributed by atoms with van der Waals surface area (Å²) in [6, 6.07) is 52.3. The third-order valence-corrected chi connectivity index (χ3v) is 8.92. The van der Waals surface area contributed by atoms with E-state index in [2.05, 4.69) is 115 Å². The molecule has 0 N–H and O–H groups in total. The van der Waals surface area contributed by atoms with E-state index in [4.69, 9.17) is 9.97 Å². The Morgan fingerprint density at radius 2 is 0.891 bits per heavy atom. The minimum absolute atomic E-state index is 0.732. The second-order valence-electron chi connectivity index (χ2n) is 11.4. The van der Waals surface area contributed by atoms with Crippen LogP contribution >= 0.6 is 0 Å². The summed E-state index contributed by atoms with van der Waals surface area (Å²) in [7, 11) is 0. The molecule has 0 fully saturated rings. The van der Waals surface area contributed by atoms with Gasteiger partial charge in [0.25, 0.3) is 0 Å². The second-order valence-corrected chi connectivity index (χ2v) is 11.4. The third kappa shape index (κ3) is 4.50. The molecule has 0 amide bonds. The Hall–Kier alpha value is -5.86. The van der Waals surface area contributed by atoms with Crippen molar-refractivity contribution in [3.63, 3.8) is 0 Å². The lowest BCUT2D eigenvalue weighted by Crippen LogP contribution is -1.94. The summed E-state index contributed by atoms with van der Waals surface area (Å²) >= 11 is 0. The molecule has 1 aromatic heterocycles. The highest BCUT2D eigenvalue weighted by atomic mass is 14.9. The van der Waals surface area contributed by atoms with E-state index in [1.807, 2.05) is 56.6 Å². The molecule has 0 unspecified atom stereocenters. The van der Waals surface area contributed by atoms with Crippen molar-refractivity contribution in [1.29, 1.82) is 0 Å². The van der Waals surface area contributed by atoms with Crippen molar-refractivity contribution in [1.82, 2.24) is 9.97 Å². The lowest BCUT2D eigenvalue weighted by atomic mass is 9.84. The Kier molecular flexibility index (Phi) is 6.96. The summed E-state index contributed by atoms with van der Waals surface area (Å²) in [4.78, 5) is 9.60. The molecule has 0 spiro atoms. The maximum Gasteiger partial charge on any atom is 0.159 e. The molecule has 218 valence electrons. The highest BCUT2D eigenvalue weighted by molar-refractivity contribution is 6.25. The summed E-state index contributed by atoms with van der Waals surface area (Å²) in [5.74, 6) is 0.732. The van der Waals surface area contributed by atoms with Crippen LogP contribution in [0.15, 0.2) is 158 Å². The van der Waals surface area contributed by atoms with Gasteiger partial charge in [0.2, 0.25) is 0 Å². The molecule has 0 atom stereocenters. The van der Waals surface area contributed by atoms with Gasteiger partial charge in [-0.15, -0.1) is 0 Å². The Morgan fingerprint density at radius 1 is 0.348 bits per heavy atom. The highest BCUT2D eigenvalue weighted by Crippen LogP contribution is 2.45. The van der Waals surface area contributed by atoms with Gasteiger partial charge >= 0.3 is 0 Å². The molecule has 0 bridgehead atoms. The van der Waals surface area contributed by atoms with Crippen LogP contribution in [-0.4, -0.2) is 9.97 Å². The highest BCUT2D eigenvalue weighted by Gasteiger charge is 2.19. The molecule has 9 rings (SSSR count). The molecule has 0 aliphatic heterocycles. The maximum atomic E-state index is 4.80. The molecule has 46 heavy (non-hydrogen) atoms. The number of benzene rings is 8. The van der Waals surface area contributed by atoms with Gasteiger partial charge in [0.15, 0.2) is 5.82 Å². The van der Waals surface area contributed by atoms with Crippen LogP contribution in [0, 0.1) is 0 Å². The van der Waals surface area contributed by atoms with E-state index in [-0.39, 0.29) is 0 Å². The normalized spacial score (nSPS) is 11.3. The van der Waals surface area contributed by atoms with Crippen molar-refractivity contribution in [3.8, 4) is 33.6 Å². The smallest absolute Gasteiger partial charge is 0.159 e. The number of rotatable bonds is 3. The van der Waals surface area contributed by atoms with Crippen LogP contribution in [0.5, 0.6) is 0 Å². The van der Waals surface area contributed by atoms with E-state index in [1.54, 1.807) is 0 Å². The van der Waals surface area contributed by atoms with Crippen molar-refractivity contribution in [3.05, 3.63) is 158 Å². The average Bonchev–Trinajstić information content (AvgIpc) is 3.14. The van der Waals surface area contributed by atoms with Gasteiger partial charge in [-0.2, -0.15) is 0 Å². The van der Waals surface area contributed by atoms with Gasteiger partial charge in [-0.25, -0.2) is 9.97 Å². The summed E-state index contributed by atoms with van der Waals surface area (Å²) in [6.07, 6.45) is 3.94. The fourth-order valence-electron chi connectivity index (χ4n) is 6.92. The van der Waals surface area contributed by atoms with Crippen LogP contribution in [0.25, 0.3) is 87.5 Å². The monoisotopic (exact) mass is 588 g/mol. The van der Waals surface area contributed by atoms with E-state index < -0.39 is 0 Å². The average molecular weight is 589 g/mol. The zero-order valence-corrected chi connectivity index (χ0v) is 25.9. The largest absolute Gasteiger partial charge is 0.236 e. The minimum Gasteiger partial charge on any atom is -0.236 e. The van der Waals surface area contributed by atoms with Crippen LogP contribution in [0.2, 0.25) is 0 Å². The summed E-state index contributed by atoms with van der Waals surface area (Å²) < 4.78 is 0. The zero-order chi connectivity index (χ0) is 31.0. The molecule has 2 nitrogen and oxygen atoms in total. The Bertz CT molecular complexity index is 2470. The summed E-state index contributed by atoms with van der Waals surface area (Å²) in [5.41, 5.74) is 5.69. The van der Waals surface area contributed by atoms with Gasteiger partial charge in [-0.1, -0.05) is 147 Å². The predicted octanol–water partition coefficient (Wildman–Crippen LogP) is 12.3. The van der Waals surface area contributed by atoms with E-state index in [0.717, 1.165) is 22.5 Å². The Morgan fingerprint density at radius 3 is 1.54 bits per heavy atom. The summed E-state index contributed by atoms with van der Waals surface area (Å²) in [5, 5.41) is 12.4. The first-order valence-electron chi connectivity index (χ1n) is 16.0. The number of hydrogen-bond acceptors (Lipinski definition) is 2. The number of nitrogens with zero attached hydrogens (tertiary/aromatic N) is 2. The van der Waals surface area contributed by atoms with Crippen LogP contribution in [0.4, 0.5) is 0 Å². The van der Waals surface area contributed by atoms with Crippen molar-refractivity contribution in [2.45, 2.75) is 13.8 Å². The molecule has 0 aliphatic carbocycles. The van der Waals surface area contributed by atoms with Crippen molar-refractivity contribution in [2.24, 2.45) is 0 Å². The molecule has 0 saturated carbocycles. The molecule has 0 aliphatic rings. The van der Waals surface area contributed by atoms with Gasteiger partial charge in [0, 0.05) is 29.1 Å². The molecule has 8 aromatic carbocycles. The van der Waals surface area contributed by atoms with Crippen LogP contribution in [-0.2, 0) is 0 Å². The maximum absolute atomic E-state index is 4.80. The molecule has 0 saturated heterocycles. The van der Waals surface area contributed by atoms with Crippen LogP contribution in [0.1, 0.15) is 13.8 Å². The Labute approximate surface area is 268 Å². The molecule has 9 aromatic rings. The summed E-state index contributed by atoms with van der Waals surface area (Å²) in [6.45, 7) is 4.00. The zero-order valence-electron chi connectivity index (χ0n) is 25.9. The SMILES string of the molecule is CC.c1ccc(-c2ncc(-c3c4ccccc4c(-c4cccc5c4ccc4cc6ccccc6cc45)c4ccccc34)cn2)cc1. The third-order valence-electron chi connectivity index (χ3n) is 8.92. The molecular formula is C44H32N2. The van der Waals surface area contributed by atoms with E-state index in [9.17, 15) is 0 Å². The lowest BCUT2D eigenvalue weighted by molar-refractivity contribution is 1.18. The van der Waals surface area contributed by atoms with Crippen molar-refractivity contribution >= 4 is 53.9 Å². The standard InChI is InChI=1S/C42H26N2.C2H6/c1-2-11-27(12-3-1)42-43-25-31(26-44-42)40-35-15-6-8-17-37(35)41(38-18-9-7-16-36(38)40)34-20-10-19-32-33(34)22-21-30-23-28-13-4-5-14-29(28)24-39(30)32;1-2/h1-26H;1-2H3. The molecular weight excluding hydrogens is 556 g/mol.